The van der Waals surface area contributed by atoms with Crippen LogP contribution in [-0.2, 0) is 4.74 Å². The van der Waals surface area contributed by atoms with Crippen LogP contribution in [0.15, 0.2) is 24.3 Å². The maximum absolute atomic E-state index is 11.9. The molecule has 2 aromatic rings. The predicted octanol–water partition coefficient (Wildman–Crippen LogP) is 1.92. The highest BCUT2D eigenvalue weighted by Crippen LogP contribution is 2.23. The molecule has 0 aliphatic heterocycles. The van der Waals surface area contributed by atoms with Gasteiger partial charge in [-0.05, 0) is 31.2 Å². The zero-order chi connectivity index (χ0) is 15.6. The van der Waals surface area contributed by atoms with E-state index in [1.165, 1.54) is 4.68 Å². The van der Waals surface area contributed by atoms with E-state index in [9.17, 15) is 4.79 Å². The SMILES string of the molecule is CCOC(=O)c1nn(-c2ccc(Cl)cc2)c(N)c1C(N)=S. The van der Waals surface area contributed by atoms with Crippen molar-refractivity contribution in [3.63, 3.8) is 0 Å². The van der Waals surface area contributed by atoms with Crippen LogP contribution in [0.3, 0.4) is 0 Å². The van der Waals surface area contributed by atoms with Crippen molar-refractivity contribution < 1.29 is 9.53 Å². The number of benzene rings is 1. The minimum atomic E-state index is -0.625. The molecule has 21 heavy (non-hydrogen) atoms. The second kappa shape index (κ2) is 6.11. The number of nitrogen functional groups attached to an aromatic ring is 1. The fraction of sp³-hybridized carbons (Fsp3) is 0.154. The molecule has 1 aromatic heterocycles. The molecule has 0 unspecified atom stereocenters. The largest absolute Gasteiger partial charge is 0.461 e. The van der Waals surface area contributed by atoms with Crippen LogP contribution in [0.4, 0.5) is 5.82 Å². The lowest BCUT2D eigenvalue weighted by Gasteiger charge is -2.04. The van der Waals surface area contributed by atoms with E-state index in [-0.39, 0.29) is 28.7 Å². The molecule has 1 heterocycles. The molecule has 0 saturated heterocycles. The van der Waals surface area contributed by atoms with Crippen LogP contribution in [0.25, 0.3) is 5.69 Å². The third kappa shape index (κ3) is 2.98. The number of rotatable bonds is 4. The van der Waals surface area contributed by atoms with Crippen LogP contribution in [-0.4, -0.2) is 27.3 Å². The molecule has 110 valence electrons. The Hall–Kier alpha value is -2.12. The third-order valence-electron chi connectivity index (χ3n) is 2.71. The highest BCUT2D eigenvalue weighted by molar-refractivity contribution is 7.80. The van der Waals surface area contributed by atoms with E-state index in [2.05, 4.69) is 5.10 Å². The Labute approximate surface area is 131 Å². The van der Waals surface area contributed by atoms with E-state index in [1.54, 1.807) is 31.2 Å². The minimum Gasteiger partial charge on any atom is -0.461 e. The molecule has 0 bridgehead atoms. The molecule has 0 radical (unpaired) electrons. The van der Waals surface area contributed by atoms with Gasteiger partial charge in [-0.25, -0.2) is 9.48 Å². The van der Waals surface area contributed by atoms with Gasteiger partial charge < -0.3 is 16.2 Å². The summed E-state index contributed by atoms with van der Waals surface area (Å²) in [5, 5.41) is 4.73. The monoisotopic (exact) mass is 324 g/mol. The first-order chi connectivity index (χ1) is 9.95. The summed E-state index contributed by atoms with van der Waals surface area (Å²) in [5.41, 5.74) is 12.5. The van der Waals surface area contributed by atoms with Crippen molar-refractivity contribution in [1.82, 2.24) is 9.78 Å². The van der Waals surface area contributed by atoms with E-state index in [4.69, 9.17) is 40.0 Å². The Bertz CT molecular complexity index is 697. The van der Waals surface area contributed by atoms with Crippen molar-refractivity contribution >= 4 is 40.6 Å². The quantitative estimate of drug-likeness (QED) is 0.659. The predicted molar refractivity (Wildman–Crippen MR) is 84.8 cm³/mol. The normalized spacial score (nSPS) is 10.4. The number of ether oxygens (including phenoxy) is 1. The van der Waals surface area contributed by atoms with Gasteiger partial charge in [-0.2, -0.15) is 5.10 Å². The van der Waals surface area contributed by atoms with Crippen molar-refractivity contribution in [2.24, 2.45) is 5.73 Å². The topological polar surface area (TPSA) is 96.2 Å². The van der Waals surface area contributed by atoms with Gasteiger partial charge in [-0.15, -0.1) is 0 Å². The summed E-state index contributed by atoms with van der Waals surface area (Å²) in [4.78, 5) is 11.9. The van der Waals surface area contributed by atoms with Crippen molar-refractivity contribution in [3.05, 3.63) is 40.5 Å². The summed E-state index contributed by atoms with van der Waals surface area (Å²) >= 11 is 10.8. The van der Waals surface area contributed by atoms with Crippen LogP contribution in [0.1, 0.15) is 23.0 Å². The molecule has 6 nitrogen and oxygen atoms in total. The molecule has 4 N–H and O–H groups in total. The molecular weight excluding hydrogens is 312 g/mol. The molecule has 0 spiro atoms. The van der Waals surface area contributed by atoms with E-state index >= 15 is 0 Å². The Morgan fingerprint density at radius 1 is 1.43 bits per heavy atom. The van der Waals surface area contributed by atoms with E-state index in [1.807, 2.05) is 0 Å². The van der Waals surface area contributed by atoms with Crippen molar-refractivity contribution in [2.75, 3.05) is 12.3 Å². The number of carbonyl (C=O) groups excluding carboxylic acids is 1. The summed E-state index contributed by atoms with van der Waals surface area (Å²) in [7, 11) is 0. The molecule has 8 heteroatoms. The number of hydrogen-bond acceptors (Lipinski definition) is 5. The fourth-order valence-corrected chi connectivity index (χ4v) is 2.12. The van der Waals surface area contributed by atoms with Gasteiger partial charge in [-0.3, -0.25) is 0 Å². The van der Waals surface area contributed by atoms with Crippen molar-refractivity contribution in [3.8, 4) is 5.69 Å². The number of hydrogen-bond donors (Lipinski definition) is 2. The molecule has 0 saturated carbocycles. The molecule has 1 aromatic carbocycles. The lowest BCUT2D eigenvalue weighted by Crippen LogP contribution is -2.17. The summed E-state index contributed by atoms with van der Waals surface area (Å²) in [6, 6.07) is 6.79. The number of nitrogens with two attached hydrogens (primary N) is 2. The number of carbonyl (C=O) groups is 1. The van der Waals surface area contributed by atoms with Crippen LogP contribution in [0.2, 0.25) is 5.02 Å². The highest BCUT2D eigenvalue weighted by atomic mass is 35.5. The Kier molecular flexibility index (Phi) is 4.44. The van der Waals surface area contributed by atoms with E-state index < -0.39 is 5.97 Å². The zero-order valence-electron chi connectivity index (χ0n) is 11.2. The Morgan fingerprint density at radius 3 is 2.57 bits per heavy atom. The number of anilines is 1. The second-order valence-corrected chi connectivity index (χ2v) is 4.96. The smallest absolute Gasteiger partial charge is 0.359 e. The molecule has 2 rings (SSSR count). The van der Waals surface area contributed by atoms with Crippen LogP contribution in [0, 0.1) is 0 Å². The lowest BCUT2D eigenvalue weighted by atomic mass is 10.2. The van der Waals surface area contributed by atoms with Gasteiger partial charge >= 0.3 is 5.97 Å². The van der Waals surface area contributed by atoms with Crippen molar-refractivity contribution in [1.29, 1.82) is 0 Å². The number of thiocarbonyl (C=S) groups is 1. The van der Waals surface area contributed by atoms with Crippen LogP contribution >= 0.6 is 23.8 Å². The summed E-state index contributed by atoms with van der Waals surface area (Å²) in [6.07, 6.45) is 0. The number of esters is 1. The third-order valence-corrected chi connectivity index (χ3v) is 3.16. The minimum absolute atomic E-state index is 0.00296. The first kappa shape index (κ1) is 15.3. The average Bonchev–Trinajstić information content (AvgIpc) is 2.78. The summed E-state index contributed by atoms with van der Waals surface area (Å²) < 4.78 is 6.31. The molecule has 0 atom stereocenters. The van der Waals surface area contributed by atoms with Gasteiger partial charge in [0.1, 0.15) is 10.8 Å². The maximum atomic E-state index is 11.9. The lowest BCUT2D eigenvalue weighted by molar-refractivity contribution is 0.0518. The van der Waals surface area contributed by atoms with Gasteiger partial charge in [0, 0.05) is 5.02 Å². The second-order valence-electron chi connectivity index (χ2n) is 4.08. The fourth-order valence-electron chi connectivity index (χ4n) is 1.80. The molecule has 0 aliphatic rings. The Balaban J connectivity index is 2.58. The molecule has 0 amide bonds. The van der Waals surface area contributed by atoms with Gasteiger partial charge in [-0.1, -0.05) is 23.8 Å². The van der Waals surface area contributed by atoms with Gasteiger partial charge in [0.2, 0.25) is 0 Å². The van der Waals surface area contributed by atoms with Gasteiger partial charge in [0.25, 0.3) is 0 Å². The number of halogens is 1. The van der Waals surface area contributed by atoms with Crippen molar-refractivity contribution in [2.45, 2.75) is 6.92 Å². The number of aromatic nitrogens is 2. The molecule has 0 aliphatic carbocycles. The maximum Gasteiger partial charge on any atom is 0.359 e. The number of nitrogens with zero attached hydrogens (tertiary/aromatic N) is 2. The Morgan fingerprint density at radius 2 is 2.05 bits per heavy atom. The first-order valence-corrected chi connectivity index (χ1v) is 6.85. The van der Waals surface area contributed by atoms with E-state index in [0.717, 1.165) is 0 Å². The standard InChI is InChI=1S/C13H13ClN4O2S/c1-2-20-13(19)10-9(12(16)21)11(15)18(17-10)8-5-3-7(14)4-6-8/h3-6H,2,15H2,1H3,(H2,16,21). The molecular formula is C13H13ClN4O2S. The van der Waals surface area contributed by atoms with Crippen LogP contribution in [0.5, 0.6) is 0 Å². The summed E-state index contributed by atoms with van der Waals surface area (Å²) in [6.45, 7) is 1.90. The molecule has 0 fully saturated rings. The van der Waals surface area contributed by atoms with Gasteiger partial charge in [0.05, 0.1) is 17.9 Å². The summed E-state index contributed by atoms with van der Waals surface area (Å²) in [5.74, 6) is -0.451. The van der Waals surface area contributed by atoms with Gasteiger partial charge in [0.15, 0.2) is 5.69 Å². The average molecular weight is 325 g/mol. The van der Waals surface area contributed by atoms with Crippen LogP contribution < -0.4 is 11.5 Å². The zero-order valence-corrected chi connectivity index (χ0v) is 12.7. The highest BCUT2D eigenvalue weighted by Gasteiger charge is 2.24. The van der Waals surface area contributed by atoms with E-state index in [0.29, 0.717) is 10.7 Å². The first-order valence-electron chi connectivity index (χ1n) is 6.07.